The Labute approximate surface area is 152 Å². The maximum atomic E-state index is 5.90. The molecule has 5 heteroatoms. The lowest BCUT2D eigenvalue weighted by Gasteiger charge is -2.25. The van der Waals surface area contributed by atoms with Gasteiger partial charge in [0.2, 0.25) is 5.89 Å². The van der Waals surface area contributed by atoms with E-state index in [9.17, 15) is 0 Å². The van der Waals surface area contributed by atoms with E-state index in [2.05, 4.69) is 22.4 Å². The number of ether oxygens (including phenoxy) is 1. The molecular formula is C20H22N2O2S. The van der Waals surface area contributed by atoms with Crippen LogP contribution in [0.15, 0.2) is 45.5 Å². The number of aromatic nitrogens is 1. The van der Waals surface area contributed by atoms with E-state index in [1.807, 2.05) is 30.5 Å². The first-order valence-corrected chi connectivity index (χ1v) is 9.56. The number of hydrogen-bond acceptors (Lipinski definition) is 5. The standard InChI is InChI=1S/C20H22N2O2S/c1-14-17(21-20(24-14)15-9-11-25-13-15)12-22-10-5-7-18(22)16-6-3-4-8-19(16)23-2/h3-4,6,8-9,11,13,18H,5,7,10,12H2,1-2H3/t18-/m1/s1. The average molecular weight is 354 g/mol. The Morgan fingerprint density at radius 3 is 3.00 bits per heavy atom. The van der Waals surface area contributed by atoms with Crippen LogP contribution >= 0.6 is 11.3 Å². The first-order valence-electron chi connectivity index (χ1n) is 8.62. The van der Waals surface area contributed by atoms with Crippen molar-refractivity contribution in [1.29, 1.82) is 0 Å². The molecule has 1 fully saturated rings. The highest BCUT2D eigenvalue weighted by atomic mass is 32.1. The summed E-state index contributed by atoms with van der Waals surface area (Å²) in [5, 5.41) is 4.12. The molecule has 1 aliphatic heterocycles. The third kappa shape index (κ3) is 3.22. The Hall–Kier alpha value is -2.11. The minimum absolute atomic E-state index is 0.372. The zero-order valence-corrected chi connectivity index (χ0v) is 15.4. The minimum Gasteiger partial charge on any atom is -0.496 e. The van der Waals surface area contributed by atoms with E-state index in [0.29, 0.717) is 6.04 Å². The van der Waals surface area contributed by atoms with Crippen molar-refractivity contribution in [1.82, 2.24) is 9.88 Å². The highest BCUT2D eigenvalue weighted by Gasteiger charge is 2.29. The normalized spacial score (nSPS) is 17.9. The highest BCUT2D eigenvalue weighted by Crippen LogP contribution is 2.38. The van der Waals surface area contributed by atoms with E-state index in [1.165, 1.54) is 12.0 Å². The van der Waals surface area contributed by atoms with Crippen LogP contribution in [0.1, 0.15) is 35.9 Å². The SMILES string of the molecule is COc1ccccc1[C@H]1CCCN1Cc1nc(-c2ccsc2)oc1C. The number of nitrogens with zero attached hydrogens (tertiary/aromatic N) is 2. The summed E-state index contributed by atoms with van der Waals surface area (Å²) in [7, 11) is 1.74. The Balaban J connectivity index is 1.58. The summed E-state index contributed by atoms with van der Waals surface area (Å²) in [4.78, 5) is 7.24. The second-order valence-corrected chi connectivity index (χ2v) is 7.18. The summed E-state index contributed by atoms with van der Waals surface area (Å²) < 4.78 is 11.5. The number of methoxy groups -OCH3 is 1. The van der Waals surface area contributed by atoms with Crippen LogP contribution < -0.4 is 4.74 Å². The van der Waals surface area contributed by atoms with Crippen molar-refractivity contribution in [3.05, 3.63) is 58.1 Å². The van der Waals surface area contributed by atoms with Crippen molar-refractivity contribution in [3.63, 3.8) is 0 Å². The van der Waals surface area contributed by atoms with E-state index in [4.69, 9.17) is 14.1 Å². The van der Waals surface area contributed by atoms with Crippen LogP contribution in [0.5, 0.6) is 5.75 Å². The fourth-order valence-corrected chi connectivity index (χ4v) is 4.22. The molecule has 3 aromatic rings. The van der Waals surface area contributed by atoms with Gasteiger partial charge < -0.3 is 9.15 Å². The maximum Gasteiger partial charge on any atom is 0.227 e. The average Bonchev–Trinajstić information content (AvgIpc) is 3.37. The van der Waals surface area contributed by atoms with Crippen LogP contribution in [0.25, 0.3) is 11.5 Å². The molecule has 3 heterocycles. The lowest BCUT2D eigenvalue weighted by atomic mass is 10.0. The summed E-state index contributed by atoms with van der Waals surface area (Å²) in [6.07, 6.45) is 2.34. The van der Waals surface area contributed by atoms with Gasteiger partial charge in [0.05, 0.1) is 12.8 Å². The van der Waals surface area contributed by atoms with Crippen molar-refractivity contribution < 1.29 is 9.15 Å². The van der Waals surface area contributed by atoms with E-state index in [-0.39, 0.29) is 0 Å². The summed E-state index contributed by atoms with van der Waals surface area (Å²) in [6, 6.07) is 10.8. The fourth-order valence-electron chi connectivity index (χ4n) is 3.59. The number of hydrogen-bond donors (Lipinski definition) is 0. The summed E-state index contributed by atoms with van der Waals surface area (Å²) in [5.41, 5.74) is 3.35. The van der Waals surface area contributed by atoms with Gasteiger partial charge in [0.1, 0.15) is 11.5 Å². The molecule has 4 nitrogen and oxygen atoms in total. The Morgan fingerprint density at radius 2 is 2.20 bits per heavy atom. The molecule has 0 saturated carbocycles. The van der Waals surface area contributed by atoms with Crippen LogP contribution in [0, 0.1) is 6.92 Å². The van der Waals surface area contributed by atoms with Gasteiger partial charge in [-0.2, -0.15) is 11.3 Å². The van der Waals surface area contributed by atoms with Gasteiger partial charge >= 0.3 is 0 Å². The number of aryl methyl sites for hydroxylation is 1. The molecule has 1 aromatic carbocycles. The highest BCUT2D eigenvalue weighted by molar-refractivity contribution is 7.08. The van der Waals surface area contributed by atoms with Crippen LogP contribution in [0.2, 0.25) is 0 Å². The maximum absolute atomic E-state index is 5.90. The molecule has 1 atom stereocenters. The van der Waals surface area contributed by atoms with Gasteiger partial charge in [-0.1, -0.05) is 18.2 Å². The number of benzene rings is 1. The Morgan fingerprint density at radius 1 is 1.32 bits per heavy atom. The molecule has 1 aliphatic rings. The topological polar surface area (TPSA) is 38.5 Å². The second-order valence-electron chi connectivity index (χ2n) is 6.40. The van der Waals surface area contributed by atoms with Crippen molar-refractivity contribution in [2.75, 3.05) is 13.7 Å². The fraction of sp³-hybridized carbons (Fsp3) is 0.350. The summed E-state index contributed by atoms with van der Waals surface area (Å²) >= 11 is 1.66. The van der Waals surface area contributed by atoms with Gasteiger partial charge in [-0.25, -0.2) is 4.98 Å². The molecule has 130 valence electrons. The largest absolute Gasteiger partial charge is 0.496 e. The summed E-state index contributed by atoms with van der Waals surface area (Å²) in [5.74, 6) is 2.60. The van der Waals surface area contributed by atoms with Gasteiger partial charge in [0.25, 0.3) is 0 Å². The molecule has 2 aromatic heterocycles. The van der Waals surface area contributed by atoms with Crippen molar-refractivity contribution in [3.8, 4) is 17.2 Å². The monoisotopic (exact) mass is 354 g/mol. The van der Waals surface area contributed by atoms with Gasteiger partial charge in [-0.05, 0) is 43.8 Å². The number of thiophene rings is 1. The molecule has 1 saturated heterocycles. The Bertz CT molecular complexity index is 841. The molecule has 0 unspecified atom stereocenters. The van der Waals surface area contributed by atoms with Crippen LogP contribution in [0.4, 0.5) is 0 Å². The molecule has 0 amide bonds. The number of rotatable bonds is 5. The predicted octanol–water partition coefficient (Wildman–Crippen LogP) is 5.06. The molecule has 4 rings (SSSR count). The lowest BCUT2D eigenvalue weighted by molar-refractivity contribution is 0.239. The Kier molecular flexibility index (Phi) is 4.59. The number of para-hydroxylation sites is 1. The molecule has 0 N–H and O–H groups in total. The lowest BCUT2D eigenvalue weighted by Crippen LogP contribution is -2.23. The van der Waals surface area contributed by atoms with Crippen LogP contribution in [-0.4, -0.2) is 23.5 Å². The second kappa shape index (κ2) is 7.02. The van der Waals surface area contributed by atoms with Crippen molar-refractivity contribution in [2.45, 2.75) is 32.4 Å². The van der Waals surface area contributed by atoms with E-state index < -0.39 is 0 Å². The first-order chi connectivity index (χ1) is 12.3. The summed E-state index contributed by atoms with van der Waals surface area (Å²) in [6.45, 7) is 3.89. The van der Waals surface area contributed by atoms with Crippen molar-refractivity contribution in [2.24, 2.45) is 0 Å². The van der Waals surface area contributed by atoms with Gasteiger partial charge in [0, 0.05) is 29.1 Å². The van der Waals surface area contributed by atoms with Gasteiger partial charge in [-0.15, -0.1) is 0 Å². The smallest absolute Gasteiger partial charge is 0.227 e. The van der Waals surface area contributed by atoms with E-state index >= 15 is 0 Å². The van der Waals surface area contributed by atoms with Crippen LogP contribution in [0.3, 0.4) is 0 Å². The molecule has 0 bridgehead atoms. The number of likely N-dealkylation sites (tertiary alicyclic amines) is 1. The van der Waals surface area contributed by atoms with Gasteiger partial charge in [0.15, 0.2) is 0 Å². The third-order valence-electron chi connectivity index (χ3n) is 4.88. The van der Waals surface area contributed by atoms with Crippen molar-refractivity contribution >= 4 is 11.3 Å². The quantitative estimate of drug-likeness (QED) is 0.642. The first kappa shape index (κ1) is 16.4. The molecular weight excluding hydrogens is 332 g/mol. The number of oxazole rings is 1. The molecule has 0 spiro atoms. The molecule has 25 heavy (non-hydrogen) atoms. The van der Waals surface area contributed by atoms with Gasteiger partial charge in [-0.3, -0.25) is 4.90 Å². The third-order valence-corrected chi connectivity index (χ3v) is 5.56. The zero-order valence-electron chi connectivity index (χ0n) is 14.6. The molecule has 0 aliphatic carbocycles. The van der Waals surface area contributed by atoms with Crippen LogP contribution in [-0.2, 0) is 6.54 Å². The van der Waals surface area contributed by atoms with E-state index in [1.54, 1.807) is 18.4 Å². The predicted molar refractivity (Wildman–Crippen MR) is 99.9 cm³/mol. The zero-order chi connectivity index (χ0) is 17.2. The van der Waals surface area contributed by atoms with E-state index in [0.717, 1.165) is 48.2 Å². The molecule has 0 radical (unpaired) electrons. The minimum atomic E-state index is 0.372.